The van der Waals surface area contributed by atoms with Gasteiger partial charge in [0.15, 0.2) is 11.6 Å². The Labute approximate surface area is 275 Å². The van der Waals surface area contributed by atoms with Crippen LogP contribution in [0.15, 0.2) is 75.9 Å². The average molecular weight is 649 g/mol. The minimum absolute atomic E-state index is 0.184. The van der Waals surface area contributed by atoms with Crippen molar-refractivity contribution in [2.75, 3.05) is 36.4 Å². The van der Waals surface area contributed by atoms with E-state index in [-0.39, 0.29) is 29.3 Å². The molecule has 2 aromatic carbocycles. The van der Waals surface area contributed by atoms with Crippen LogP contribution in [0.2, 0.25) is 0 Å². The van der Waals surface area contributed by atoms with Crippen LogP contribution in [-0.2, 0) is 18.5 Å². The maximum absolute atomic E-state index is 13.6. The highest BCUT2D eigenvalue weighted by molar-refractivity contribution is 6.10. The second-order valence-electron chi connectivity index (χ2n) is 13.0. The SMILES string of the molecule is CC(C)(C)c1cc(NC(=O)NCc2ccc3oc(C(=O)c4cc5c(CN6CCN(c7ncccn7)CC6)c(O)ccc5[nH]4)cc3c2)no1. The molecule has 1 fully saturated rings. The number of amides is 2. The van der Waals surface area contributed by atoms with Crippen LogP contribution in [0.4, 0.5) is 16.6 Å². The van der Waals surface area contributed by atoms with Crippen LogP contribution in [-0.4, -0.2) is 68.1 Å². The van der Waals surface area contributed by atoms with Gasteiger partial charge in [0.05, 0.1) is 5.69 Å². The lowest BCUT2D eigenvalue weighted by molar-refractivity contribution is 0.101. The molecular weight excluding hydrogens is 612 g/mol. The van der Waals surface area contributed by atoms with Crippen molar-refractivity contribution in [1.82, 2.24) is 30.3 Å². The van der Waals surface area contributed by atoms with Gasteiger partial charge in [0.2, 0.25) is 11.7 Å². The average Bonchev–Trinajstić information content (AvgIpc) is 3.84. The monoisotopic (exact) mass is 648 g/mol. The number of piperazine rings is 1. The number of nitrogens with zero attached hydrogens (tertiary/aromatic N) is 5. The third kappa shape index (κ3) is 6.45. The summed E-state index contributed by atoms with van der Waals surface area (Å²) >= 11 is 0. The molecule has 4 N–H and O–H groups in total. The molecule has 4 aromatic heterocycles. The van der Waals surface area contributed by atoms with E-state index in [4.69, 9.17) is 8.94 Å². The summed E-state index contributed by atoms with van der Waals surface area (Å²) in [6, 6.07) is 15.5. The van der Waals surface area contributed by atoms with E-state index < -0.39 is 6.03 Å². The van der Waals surface area contributed by atoms with Crippen LogP contribution in [0.25, 0.3) is 21.9 Å². The predicted molar refractivity (Wildman–Crippen MR) is 180 cm³/mol. The second-order valence-corrected chi connectivity index (χ2v) is 13.0. The minimum Gasteiger partial charge on any atom is -0.508 e. The van der Waals surface area contributed by atoms with E-state index in [2.05, 4.69) is 40.5 Å². The number of rotatable bonds is 8. The number of fused-ring (bicyclic) bond motifs is 2. The highest BCUT2D eigenvalue weighted by Gasteiger charge is 2.24. The van der Waals surface area contributed by atoms with Crippen molar-refractivity contribution in [3.05, 3.63) is 95.3 Å². The Morgan fingerprint density at radius 1 is 1.00 bits per heavy atom. The highest BCUT2D eigenvalue weighted by Crippen LogP contribution is 2.31. The zero-order chi connectivity index (χ0) is 33.4. The molecule has 2 amide bonds. The fraction of sp³-hybridized carbons (Fsp3) is 0.286. The normalized spacial score (nSPS) is 14.1. The molecule has 48 heavy (non-hydrogen) atoms. The topological polar surface area (TPSA) is 166 Å². The first-order chi connectivity index (χ1) is 23.1. The van der Waals surface area contributed by atoms with Gasteiger partial charge in [0.25, 0.3) is 0 Å². The van der Waals surface area contributed by atoms with E-state index in [1.165, 1.54) is 0 Å². The molecule has 246 valence electrons. The van der Waals surface area contributed by atoms with Crippen LogP contribution >= 0.6 is 0 Å². The van der Waals surface area contributed by atoms with Gasteiger partial charge in [0.1, 0.15) is 17.1 Å². The van der Waals surface area contributed by atoms with Gasteiger partial charge in [-0.25, -0.2) is 14.8 Å². The quantitative estimate of drug-likeness (QED) is 0.153. The molecule has 5 heterocycles. The van der Waals surface area contributed by atoms with Crippen molar-refractivity contribution in [1.29, 1.82) is 0 Å². The molecule has 7 rings (SSSR count). The van der Waals surface area contributed by atoms with Crippen LogP contribution in [0.5, 0.6) is 5.75 Å². The number of anilines is 2. The minimum atomic E-state index is -0.417. The van der Waals surface area contributed by atoms with Crippen molar-refractivity contribution in [3.63, 3.8) is 0 Å². The number of aromatic nitrogens is 4. The maximum Gasteiger partial charge on any atom is 0.320 e. The van der Waals surface area contributed by atoms with Crippen molar-refractivity contribution >= 4 is 45.5 Å². The number of urea groups is 1. The summed E-state index contributed by atoms with van der Waals surface area (Å²) in [7, 11) is 0. The Bertz CT molecular complexity index is 2100. The zero-order valence-corrected chi connectivity index (χ0v) is 26.9. The van der Waals surface area contributed by atoms with Gasteiger partial charge in [0, 0.05) is 85.0 Å². The van der Waals surface area contributed by atoms with Gasteiger partial charge in [-0.2, -0.15) is 0 Å². The van der Waals surface area contributed by atoms with Gasteiger partial charge in [-0.1, -0.05) is 32.0 Å². The van der Waals surface area contributed by atoms with E-state index >= 15 is 0 Å². The molecule has 0 radical (unpaired) electrons. The summed E-state index contributed by atoms with van der Waals surface area (Å²) in [5, 5.41) is 21.8. The van der Waals surface area contributed by atoms with E-state index in [0.29, 0.717) is 29.4 Å². The lowest BCUT2D eigenvalue weighted by Gasteiger charge is -2.34. The first-order valence-electron chi connectivity index (χ1n) is 15.8. The molecule has 1 aliphatic heterocycles. The number of hydrogen-bond acceptors (Lipinski definition) is 10. The largest absolute Gasteiger partial charge is 0.508 e. The van der Waals surface area contributed by atoms with E-state index in [9.17, 15) is 14.7 Å². The van der Waals surface area contributed by atoms with Crippen molar-refractivity contribution in [2.45, 2.75) is 39.3 Å². The molecule has 6 aromatic rings. The van der Waals surface area contributed by atoms with Crippen LogP contribution < -0.4 is 15.5 Å². The molecule has 0 saturated carbocycles. The molecule has 0 bridgehead atoms. The lowest BCUT2D eigenvalue weighted by atomic mass is 9.93. The van der Waals surface area contributed by atoms with E-state index in [1.807, 2.05) is 32.9 Å². The third-order valence-electron chi connectivity index (χ3n) is 8.47. The van der Waals surface area contributed by atoms with Crippen LogP contribution in [0.3, 0.4) is 0 Å². The number of carbonyl (C=O) groups is 2. The summed E-state index contributed by atoms with van der Waals surface area (Å²) in [5.74, 6) is 1.79. The van der Waals surface area contributed by atoms with Gasteiger partial charge >= 0.3 is 6.03 Å². The summed E-state index contributed by atoms with van der Waals surface area (Å²) < 4.78 is 11.3. The zero-order valence-electron chi connectivity index (χ0n) is 26.9. The summed E-state index contributed by atoms with van der Waals surface area (Å²) in [4.78, 5) is 42.4. The van der Waals surface area contributed by atoms with Crippen molar-refractivity contribution in [2.24, 2.45) is 0 Å². The standard InChI is InChI=1S/C35H36N8O5/c1-35(2,3)30-18-31(41-48-30)40-34(46)38-19-21-5-8-28-22(15-21)16-29(47-28)32(45)26-17-23-24(27(44)7-6-25(23)39-26)20-42-11-13-43(14-12-42)33-36-9-4-10-37-33/h4-10,15-18,39,44H,11-14,19-20H2,1-3H3,(H2,38,40,41,46). The van der Waals surface area contributed by atoms with Crippen molar-refractivity contribution < 1.29 is 23.6 Å². The van der Waals surface area contributed by atoms with E-state index in [0.717, 1.165) is 59.5 Å². The molecule has 13 nitrogen and oxygen atoms in total. The number of phenols is 1. The first kappa shape index (κ1) is 30.9. The predicted octanol–water partition coefficient (Wildman–Crippen LogP) is 5.57. The lowest BCUT2D eigenvalue weighted by Crippen LogP contribution is -2.46. The number of phenolic OH excluding ortho intramolecular Hbond substituents is 1. The summed E-state index contributed by atoms with van der Waals surface area (Å²) in [5.41, 5.74) is 3.04. The first-order valence-corrected chi connectivity index (χ1v) is 15.8. The smallest absolute Gasteiger partial charge is 0.320 e. The van der Waals surface area contributed by atoms with Crippen molar-refractivity contribution in [3.8, 4) is 5.75 Å². The molecular formula is C35H36N8O5. The number of aromatic amines is 1. The summed E-state index contributed by atoms with van der Waals surface area (Å²) in [6.07, 6.45) is 3.48. The van der Waals surface area contributed by atoms with Gasteiger partial charge in [-0.05, 0) is 48.0 Å². The summed E-state index contributed by atoms with van der Waals surface area (Å²) in [6.45, 7) is 9.90. The molecule has 0 unspecified atom stereocenters. The molecule has 1 aliphatic rings. The Morgan fingerprint density at radius 3 is 2.54 bits per heavy atom. The van der Waals surface area contributed by atoms with Gasteiger partial charge in [-0.15, -0.1) is 0 Å². The molecule has 1 saturated heterocycles. The fourth-order valence-corrected chi connectivity index (χ4v) is 5.80. The Balaban J connectivity index is 1.01. The Morgan fingerprint density at radius 2 is 1.79 bits per heavy atom. The number of aromatic hydroxyl groups is 1. The number of H-pyrrole nitrogens is 1. The number of hydrogen-bond donors (Lipinski definition) is 4. The maximum atomic E-state index is 13.6. The van der Waals surface area contributed by atoms with Crippen LogP contribution in [0, 0.1) is 0 Å². The molecule has 0 spiro atoms. The van der Waals surface area contributed by atoms with E-state index in [1.54, 1.807) is 54.9 Å². The third-order valence-corrected chi connectivity index (χ3v) is 8.47. The fourth-order valence-electron chi connectivity index (χ4n) is 5.80. The number of benzene rings is 2. The second kappa shape index (κ2) is 12.5. The van der Waals surface area contributed by atoms with Gasteiger partial charge < -0.3 is 29.2 Å². The van der Waals surface area contributed by atoms with Crippen LogP contribution in [0.1, 0.15) is 53.9 Å². The highest BCUT2D eigenvalue weighted by atomic mass is 16.5. The number of carbonyl (C=O) groups excluding carboxylic acids is 2. The molecule has 0 atom stereocenters. The van der Waals surface area contributed by atoms with Gasteiger partial charge in [-0.3, -0.25) is 15.0 Å². The molecule has 13 heteroatoms. The number of ketones is 1. The number of furan rings is 1. The Hall–Kier alpha value is -5.69. The Kier molecular flexibility index (Phi) is 8.05. The molecule has 0 aliphatic carbocycles. The number of nitrogens with one attached hydrogen (secondary N) is 3.